The quantitative estimate of drug-likeness (QED) is 0.287. The van der Waals surface area contributed by atoms with E-state index in [1.54, 1.807) is 32.9 Å². The fourth-order valence-electron chi connectivity index (χ4n) is 5.07. The highest BCUT2D eigenvalue weighted by Crippen LogP contribution is 2.27. The van der Waals surface area contributed by atoms with Crippen LogP contribution in [-0.2, 0) is 14.3 Å². The third-order valence-corrected chi connectivity index (χ3v) is 7.06. The smallest absolute Gasteiger partial charge is 0.407 e. The Bertz CT molecular complexity index is 1190. The summed E-state index contributed by atoms with van der Waals surface area (Å²) in [6.07, 6.45) is 8.54. The second kappa shape index (κ2) is 14.1. The number of alkyl carbamates (subject to hydrolysis) is 1. The highest BCUT2D eigenvalue weighted by molar-refractivity contribution is 5.98. The number of nitrogens with one attached hydrogen (secondary N) is 4. The first-order valence-electron chi connectivity index (χ1n) is 14.2. The topological polar surface area (TPSA) is 129 Å². The van der Waals surface area contributed by atoms with E-state index in [1.165, 1.54) is 38.2 Å². The van der Waals surface area contributed by atoms with Crippen molar-refractivity contribution < 1.29 is 19.1 Å². The average molecular weight is 541 g/mol. The molecule has 0 radical (unpaired) electrons. The van der Waals surface area contributed by atoms with E-state index < -0.39 is 17.7 Å². The van der Waals surface area contributed by atoms with E-state index >= 15 is 0 Å². The number of ether oxygens (including phenoxy) is 1. The summed E-state index contributed by atoms with van der Waals surface area (Å²) in [4.78, 5) is 52.7. The number of rotatable bonds is 11. The zero-order valence-electron chi connectivity index (χ0n) is 23.8. The minimum atomic E-state index is -0.711. The van der Waals surface area contributed by atoms with Crippen molar-refractivity contribution in [3.8, 4) is 0 Å². The Labute approximate surface area is 230 Å². The summed E-state index contributed by atoms with van der Waals surface area (Å²) in [5.41, 5.74) is 1.27. The highest BCUT2D eigenvalue weighted by atomic mass is 16.6. The Kier molecular flexibility index (Phi) is 10.9. The van der Waals surface area contributed by atoms with Crippen molar-refractivity contribution in [2.75, 3.05) is 11.9 Å². The number of fused-ring (bicyclic) bond motifs is 1. The maximum absolute atomic E-state index is 13.3. The van der Waals surface area contributed by atoms with Crippen LogP contribution in [0, 0.1) is 12.8 Å². The van der Waals surface area contributed by atoms with Crippen LogP contribution in [0.3, 0.4) is 0 Å². The number of aryl methyl sites for hydroxylation is 1. The molecule has 2 aromatic rings. The van der Waals surface area contributed by atoms with Crippen LogP contribution in [-0.4, -0.2) is 41.1 Å². The molecule has 0 aliphatic heterocycles. The molecule has 1 aliphatic carbocycles. The lowest BCUT2D eigenvalue weighted by Gasteiger charge is -2.22. The van der Waals surface area contributed by atoms with Crippen molar-refractivity contribution in [3.63, 3.8) is 0 Å². The number of aromatic amines is 1. The standard InChI is InChI=1S/C30H44N4O5/c1-20-18-27(36)34-25-19-22(14-15-23(20)25)32-28(37)24(12-8-9-17-31-29(38)39-30(2,3)4)33-26(35)16-13-21-10-6-5-7-11-21/h14-15,18-19,21,24H,5-13,16-17H2,1-4H3,(H,31,38)(H,32,37)(H,33,35)(H,34,36)/t24-/m0/s1. The van der Waals surface area contributed by atoms with Gasteiger partial charge in [-0.2, -0.15) is 0 Å². The van der Waals surface area contributed by atoms with E-state index in [2.05, 4.69) is 20.9 Å². The summed E-state index contributed by atoms with van der Waals surface area (Å²) in [7, 11) is 0. The summed E-state index contributed by atoms with van der Waals surface area (Å²) in [5.74, 6) is 0.153. The van der Waals surface area contributed by atoms with Crippen LogP contribution >= 0.6 is 0 Å². The van der Waals surface area contributed by atoms with E-state index in [4.69, 9.17) is 4.74 Å². The van der Waals surface area contributed by atoms with Gasteiger partial charge in [0.2, 0.25) is 17.4 Å². The Morgan fingerprint density at radius 1 is 1.08 bits per heavy atom. The number of aromatic nitrogens is 1. The zero-order chi connectivity index (χ0) is 28.4. The van der Waals surface area contributed by atoms with Crippen molar-refractivity contribution in [2.24, 2.45) is 5.92 Å². The molecule has 1 aliphatic rings. The van der Waals surface area contributed by atoms with Crippen molar-refractivity contribution >= 4 is 34.5 Å². The number of pyridine rings is 1. The molecular formula is C30H44N4O5. The van der Waals surface area contributed by atoms with Crippen LogP contribution in [0.2, 0.25) is 0 Å². The number of benzene rings is 1. The van der Waals surface area contributed by atoms with Crippen molar-refractivity contribution in [1.82, 2.24) is 15.6 Å². The van der Waals surface area contributed by atoms with Crippen LogP contribution in [0.4, 0.5) is 10.5 Å². The first kappa shape index (κ1) is 30.2. The molecule has 3 rings (SSSR count). The van der Waals surface area contributed by atoms with Crippen LogP contribution < -0.4 is 21.5 Å². The molecule has 3 amide bonds. The largest absolute Gasteiger partial charge is 0.444 e. The van der Waals surface area contributed by atoms with Gasteiger partial charge < -0.3 is 25.7 Å². The molecule has 39 heavy (non-hydrogen) atoms. The van der Waals surface area contributed by atoms with Gasteiger partial charge in [-0.25, -0.2) is 4.79 Å². The van der Waals surface area contributed by atoms with Gasteiger partial charge in [0.05, 0.1) is 5.52 Å². The minimum absolute atomic E-state index is 0.119. The van der Waals surface area contributed by atoms with Gasteiger partial charge in [0.15, 0.2) is 0 Å². The Morgan fingerprint density at radius 2 is 1.82 bits per heavy atom. The number of carbonyl (C=O) groups is 3. The van der Waals surface area contributed by atoms with E-state index in [9.17, 15) is 19.2 Å². The number of anilines is 1. The second-order valence-corrected chi connectivity index (χ2v) is 11.7. The van der Waals surface area contributed by atoms with E-state index in [1.807, 2.05) is 13.0 Å². The molecule has 9 heteroatoms. The lowest BCUT2D eigenvalue weighted by atomic mass is 9.86. The Balaban J connectivity index is 1.59. The van der Waals surface area contributed by atoms with Crippen LogP contribution in [0.5, 0.6) is 0 Å². The first-order chi connectivity index (χ1) is 18.5. The van der Waals surface area contributed by atoms with Gasteiger partial charge in [0, 0.05) is 30.1 Å². The molecule has 1 atom stereocenters. The van der Waals surface area contributed by atoms with Crippen molar-refractivity contribution in [3.05, 3.63) is 40.2 Å². The van der Waals surface area contributed by atoms with Gasteiger partial charge in [-0.15, -0.1) is 0 Å². The maximum Gasteiger partial charge on any atom is 0.407 e. The second-order valence-electron chi connectivity index (χ2n) is 11.7. The number of unbranched alkanes of at least 4 members (excludes halogenated alkanes) is 1. The molecule has 1 heterocycles. The molecule has 4 N–H and O–H groups in total. The molecule has 0 saturated heterocycles. The first-order valence-corrected chi connectivity index (χ1v) is 14.2. The summed E-state index contributed by atoms with van der Waals surface area (Å²) >= 11 is 0. The average Bonchev–Trinajstić information content (AvgIpc) is 2.85. The Hall–Kier alpha value is -3.36. The number of H-pyrrole nitrogens is 1. The molecule has 1 aromatic carbocycles. The summed E-state index contributed by atoms with van der Waals surface area (Å²) in [6, 6.07) is 6.21. The van der Waals surface area contributed by atoms with Crippen molar-refractivity contribution in [1.29, 1.82) is 0 Å². The van der Waals surface area contributed by atoms with Crippen LogP contribution in [0.25, 0.3) is 10.9 Å². The SMILES string of the molecule is Cc1cc(=O)[nH]c2cc(NC(=O)[C@H](CCCCNC(=O)OC(C)(C)C)NC(=O)CCC3CCCCC3)ccc12. The lowest BCUT2D eigenvalue weighted by molar-refractivity contribution is -0.126. The zero-order valence-corrected chi connectivity index (χ0v) is 23.8. The maximum atomic E-state index is 13.3. The number of hydrogen-bond acceptors (Lipinski definition) is 5. The Morgan fingerprint density at radius 3 is 2.54 bits per heavy atom. The van der Waals surface area contributed by atoms with E-state index in [0.717, 1.165) is 17.4 Å². The molecule has 0 unspecified atom stereocenters. The monoisotopic (exact) mass is 540 g/mol. The van der Waals surface area contributed by atoms with Gasteiger partial charge in [0.25, 0.3) is 0 Å². The number of amides is 3. The summed E-state index contributed by atoms with van der Waals surface area (Å²) in [6.45, 7) is 7.70. The molecule has 214 valence electrons. The van der Waals surface area contributed by atoms with Crippen LogP contribution in [0.15, 0.2) is 29.1 Å². The lowest BCUT2D eigenvalue weighted by Crippen LogP contribution is -2.44. The van der Waals surface area contributed by atoms with Gasteiger partial charge in [-0.1, -0.05) is 38.2 Å². The minimum Gasteiger partial charge on any atom is -0.444 e. The molecule has 1 fully saturated rings. The highest BCUT2D eigenvalue weighted by Gasteiger charge is 2.22. The fourth-order valence-corrected chi connectivity index (χ4v) is 5.07. The van der Waals surface area contributed by atoms with E-state index in [0.29, 0.717) is 49.4 Å². The fraction of sp³-hybridized carbons (Fsp3) is 0.600. The van der Waals surface area contributed by atoms with Crippen molar-refractivity contribution in [2.45, 2.75) is 104 Å². The summed E-state index contributed by atoms with van der Waals surface area (Å²) in [5, 5.41) is 9.47. The molecule has 1 aromatic heterocycles. The number of carbonyl (C=O) groups excluding carboxylic acids is 3. The predicted molar refractivity (Wildman–Crippen MR) is 154 cm³/mol. The molecular weight excluding hydrogens is 496 g/mol. The molecule has 9 nitrogen and oxygen atoms in total. The predicted octanol–water partition coefficient (Wildman–Crippen LogP) is 5.32. The summed E-state index contributed by atoms with van der Waals surface area (Å²) < 4.78 is 5.25. The van der Waals surface area contributed by atoms with Gasteiger partial charge >= 0.3 is 6.09 Å². The molecule has 0 bridgehead atoms. The third-order valence-electron chi connectivity index (χ3n) is 7.06. The van der Waals surface area contributed by atoms with Gasteiger partial charge in [0.1, 0.15) is 11.6 Å². The third kappa shape index (κ3) is 10.4. The molecule has 0 spiro atoms. The number of hydrogen-bond donors (Lipinski definition) is 4. The van der Waals surface area contributed by atoms with Crippen LogP contribution in [0.1, 0.15) is 90.5 Å². The normalized spacial score (nSPS) is 15.0. The van der Waals surface area contributed by atoms with E-state index in [-0.39, 0.29) is 17.4 Å². The van der Waals surface area contributed by atoms with Gasteiger partial charge in [-0.05, 0) is 77.0 Å². The van der Waals surface area contributed by atoms with Gasteiger partial charge in [-0.3, -0.25) is 14.4 Å². The molecule has 1 saturated carbocycles.